The lowest BCUT2D eigenvalue weighted by Gasteiger charge is -2.39. The van der Waals surface area contributed by atoms with Gasteiger partial charge >= 0.3 is 0 Å². The molecule has 134 valence electrons. The lowest BCUT2D eigenvalue weighted by Crippen LogP contribution is -2.43. The molecular formula is C20H27N3O2. The summed E-state index contributed by atoms with van der Waals surface area (Å²) in [4.78, 5) is 7.24. The molecule has 0 aromatic carbocycles. The molecular weight excluding hydrogens is 314 g/mol. The lowest BCUT2D eigenvalue weighted by molar-refractivity contribution is 0.0252. The normalized spacial score (nSPS) is 20.9. The quantitative estimate of drug-likeness (QED) is 0.852. The minimum Gasteiger partial charge on any atom is -0.381 e. The molecule has 4 heterocycles. The fraction of sp³-hybridized carbons (Fsp3) is 0.600. The van der Waals surface area contributed by atoms with E-state index in [1.54, 1.807) is 0 Å². The molecule has 25 heavy (non-hydrogen) atoms. The molecule has 4 rings (SSSR count). The molecule has 0 unspecified atom stereocenters. The summed E-state index contributed by atoms with van der Waals surface area (Å²) in [6, 6.07) is 5.14. The highest BCUT2D eigenvalue weighted by Gasteiger charge is 2.27. The predicted molar refractivity (Wildman–Crippen MR) is 96.6 cm³/mol. The number of likely N-dealkylation sites (tertiary alicyclic amines) is 1. The van der Waals surface area contributed by atoms with Crippen LogP contribution >= 0.6 is 0 Å². The molecule has 2 aliphatic rings. The molecule has 2 aliphatic heterocycles. The average molecular weight is 341 g/mol. The summed E-state index contributed by atoms with van der Waals surface area (Å²) in [5, 5.41) is 4.06. The zero-order valence-corrected chi connectivity index (χ0v) is 15.2. The molecule has 0 bridgehead atoms. The maximum absolute atomic E-state index is 5.50. The largest absolute Gasteiger partial charge is 0.381 e. The van der Waals surface area contributed by atoms with E-state index in [0.29, 0.717) is 5.92 Å². The summed E-state index contributed by atoms with van der Waals surface area (Å²) in [6.45, 7) is 8.17. The van der Waals surface area contributed by atoms with Gasteiger partial charge in [-0.15, -0.1) is 0 Å². The summed E-state index contributed by atoms with van der Waals surface area (Å²) >= 11 is 0. The Morgan fingerprint density at radius 3 is 2.52 bits per heavy atom. The molecule has 5 heteroatoms. The highest BCUT2D eigenvalue weighted by molar-refractivity contribution is 5.64. The first-order chi connectivity index (χ1) is 12.2. The van der Waals surface area contributed by atoms with E-state index in [1.807, 2.05) is 20.0 Å². The fourth-order valence-electron chi connectivity index (χ4n) is 4.33. The summed E-state index contributed by atoms with van der Waals surface area (Å²) < 4.78 is 10.8. The topological polar surface area (TPSA) is 51.4 Å². The maximum atomic E-state index is 5.50. The third-order valence-corrected chi connectivity index (χ3v) is 5.78. The summed E-state index contributed by atoms with van der Waals surface area (Å²) in [6.07, 6.45) is 6.76. The van der Waals surface area contributed by atoms with Crippen LogP contribution in [0, 0.1) is 13.8 Å². The highest BCUT2D eigenvalue weighted by atomic mass is 16.5. The zero-order valence-electron chi connectivity index (χ0n) is 15.2. The molecule has 2 aromatic heterocycles. The van der Waals surface area contributed by atoms with Crippen LogP contribution in [0.5, 0.6) is 0 Å². The number of piperidine rings is 1. The number of nitrogens with zero attached hydrogens (tertiary/aromatic N) is 3. The minimum absolute atomic E-state index is 0.623. The van der Waals surface area contributed by atoms with E-state index in [2.05, 4.69) is 27.2 Å². The Bertz CT molecular complexity index is 694. The van der Waals surface area contributed by atoms with Gasteiger partial charge in [0.25, 0.3) is 0 Å². The number of ether oxygens (including phenoxy) is 1. The van der Waals surface area contributed by atoms with Gasteiger partial charge in [0.05, 0.1) is 17.0 Å². The molecule has 5 nitrogen and oxygen atoms in total. The molecule has 0 saturated carbocycles. The van der Waals surface area contributed by atoms with Gasteiger partial charge in [0.15, 0.2) is 0 Å². The number of hydrogen-bond donors (Lipinski definition) is 0. The van der Waals surface area contributed by atoms with Crippen LogP contribution in [0.25, 0.3) is 11.3 Å². The van der Waals surface area contributed by atoms with Crippen molar-refractivity contribution >= 4 is 0 Å². The van der Waals surface area contributed by atoms with Crippen LogP contribution in [0.15, 0.2) is 22.9 Å². The van der Waals surface area contributed by atoms with Gasteiger partial charge in [-0.25, -0.2) is 0 Å². The Labute approximate surface area is 149 Å². The second-order valence-corrected chi connectivity index (χ2v) is 7.33. The van der Waals surface area contributed by atoms with E-state index in [-0.39, 0.29) is 0 Å². The lowest BCUT2D eigenvalue weighted by atomic mass is 9.88. The fourth-order valence-corrected chi connectivity index (χ4v) is 4.33. The number of rotatable bonds is 3. The predicted octanol–water partition coefficient (Wildman–Crippen LogP) is 3.71. The Balaban J connectivity index is 1.46. The van der Waals surface area contributed by atoms with Gasteiger partial charge in [-0.1, -0.05) is 5.16 Å². The first-order valence-corrected chi connectivity index (χ1v) is 9.43. The van der Waals surface area contributed by atoms with Crippen molar-refractivity contribution < 1.29 is 9.26 Å². The number of hydrogen-bond acceptors (Lipinski definition) is 5. The van der Waals surface area contributed by atoms with E-state index in [1.165, 1.54) is 44.3 Å². The van der Waals surface area contributed by atoms with Crippen LogP contribution in [-0.2, 0) is 4.74 Å². The van der Waals surface area contributed by atoms with Crippen molar-refractivity contribution in [1.82, 2.24) is 15.0 Å². The van der Waals surface area contributed by atoms with Gasteiger partial charge in [-0.3, -0.25) is 4.98 Å². The first kappa shape index (κ1) is 16.7. The Kier molecular flexibility index (Phi) is 4.86. The maximum Gasteiger partial charge on any atom is 0.143 e. The van der Waals surface area contributed by atoms with Crippen LogP contribution in [0.4, 0.5) is 0 Å². The van der Waals surface area contributed by atoms with Crippen molar-refractivity contribution in [3.8, 4) is 11.3 Å². The van der Waals surface area contributed by atoms with Gasteiger partial charge < -0.3 is 14.2 Å². The van der Waals surface area contributed by atoms with Gasteiger partial charge in [0.2, 0.25) is 0 Å². The number of aryl methyl sites for hydroxylation is 2. The average Bonchev–Trinajstić information content (AvgIpc) is 3.01. The minimum atomic E-state index is 0.623. The second kappa shape index (κ2) is 7.26. The summed E-state index contributed by atoms with van der Waals surface area (Å²) in [5.74, 6) is 1.47. The molecule has 0 N–H and O–H groups in total. The smallest absolute Gasteiger partial charge is 0.143 e. The highest BCUT2D eigenvalue weighted by Crippen LogP contribution is 2.33. The molecule has 2 aromatic rings. The van der Waals surface area contributed by atoms with Crippen molar-refractivity contribution in [3.63, 3.8) is 0 Å². The molecule has 0 radical (unpaired) electrons. The zero-order chi connectivity index (χ0) is 17.2. The van der Waals surface area contributed by atoms with Crippen LogP contribution in [0.3, 0.4) is 0 Å². The van der Waals surface area contributed by atoms with E-state index < -0.39 is 0 Å². The standard InChI is InChI=1S/C20H27N3O2/c1-14-20(15(2)25-22-14)19-13-17(3-8-21-19)16-4-9-23(10-5-16)18-6-11-24-12-7-18/h3,8,13,16,18H,4-7,9-12H2,1-2H3. The van der Waals surface area contributed by atoms with Crippen LogP contribution in [0.2, 0.25) is 0 Å². The third kappa shape index (κ3) is 3.48. The molecule has 0 amide bonds. The van der Waals surface area contributed by atoms with Crippen LogP contribution < -0.4 is 0 Å². The second-order valence-electron chi connectivity index (χ2n) is 7.33. The van der Waals surface area contributed by atoms with Gasteiger partial charge in [-0.05, 0) is 76.2 Å². The van der Waals surface area contributed by atoms with Gasteiger partial charge in [0.1, 0.15) is 5.76 Å². The number of aromatic nitrogens is 2. The van der Waals surface area contributed by atoms with Gasteiger partial charge in [-0.2, -0.15) is 0 Å². The molecule has 2 fully saturated rings. The van der Waals surface area contributed by atoms with Crippen molar-refractivity contribution in [2.45, 2.75) is 51.5 Å². The third-order valence-electron chi connectivity index (χ3n) is 5.78. The van der Waals surface area contributed by atoms with E-state index >= 15 is 0 Å². The molecule has 0 atom stereocenters. The molecule has 0 spiro atoms. The van der Waals surface area contributed by atoms with Crippen LogP contribution in [-0.4, -0.2) is 47.4 Å². The Hall–Kier alpha value is -1.72. The summed E-state index contributed by atoms with van der Waals surface area (Å²) in [7, 11) is 0. The number of pyridine rings is 1. The first-order valence-electron chi connectivity index (χ1n) is 9.43. The SMILES string of the molecule is Cc1noc(C)c1-c1cc(C2CCN(C3CCOCC3)CC2)ccn1. The van der Waals surface area contributed by atoms with E-state index in [9.17, 15) is 0 Å². The van der Waals surface area contributed by atoms with Crippen molar-refractivity contribution in [3.05, 3.63) is 35.3 Å². The Morgan fingerprint density at radius 2 is 1.84 bits per heavy atom. The molecule has 2 saturated heterocycles. The van der Waals surface area contributed by atoms with E-state index in [0.717, 1.165) is 42.0 Å². The monoisotopic (exact) mass is 341 g/mol. The van der Waals surface area contributed by atoms with Crippen molar-refractivity contribution in [1.29, 1.82) is 0 Å². The van der Waals surface area contributed by atoms with Crippen LogP contribution in [0.1, 0.15) is 48.6 Å². The Morgan fingerprint density at radius 1 is 1.08 bits per heavy atom. The van der Waals surface area contributed by atoms with E-state index in [4.69, 9.17) is 9.26 Å². The molecule has 0 aliphatic carbocycles. The van der Waals surface area contributed by atoms with Crippen molar-refractivity contribution in [2.75, 3.05) is 26.3 Å². The van der Waals surface area contributed by atoms with Gasteiger partial charge in [0, 0.05) is 25.5 Å². The van der Waals surface area contributed by atoms with Crippen molar-refractivity contribution in [2.24, 2.45) is 0 Å². The summed E-state index contributed by atoms with van der Waals surface area (Å²) in [5.41, 5.74) is 4.34.